The molecule has 8 heteroatoms. The second kappa shape index (κ2) is 10.1. The summed E-state index contributed by atoms with van der Waals surface area (Å²) in [7, 11) is -2.07. The Labute approximate surface area is 180 Å². The predicted molar refractivity (Wildman–Crippen MR) is 115 cm³/mol. The van der Waals surface area contributed by atoms with Crippen LogP contribution in [0.4, 0.5) is 0 Å². The summed E-state index contributed by atoms with van der Waals surface area (Å²) < 4.78 is 44.6. The number of methoxy groups -OCH3 is 1. The van der Waals surface area contributed by atoms with Gasteiger partial charge in [0.25, 0.3) is 0 Å². The zero-order valence-corrected chi connectivity index (χ0v) is 19.8. The highest BCUT2D eigenvalue weighted by Gasteiger charge is 2.35. The van der Waals surface area contributed by atoms with Gasteiger partial charge in [-0.2, -0.15) is 4.31 Å². The van der Waals surface area contributed by atoms with Gasteiger partial charge in [-0.15, -0.1) is 0 Å². The second-order valence-electron chi connectivity index (χ2n) is 8.78. The van der Waals surface area contributed by atoms with Gasteiger partial charge in [0.2, 0.25) is 10.0 Å². The molecular formula is C22H35NO6S. The lowest BCUT2D eigenvalue weighted by Gasteiger charge is -2.35. The molecule has 1 unspecified atom stereocenters. The summed E-state index contributed by atoms with van der Waals surface area (Å²) in [4.78, 5) is 12.1. The van der Waals surface area contributed by atoms with Gasteiger partial charge >= 0.3 is 5.97 Å². The molecule has 170 valence electrons. The molecule has 0 bridgehead atoms. The van der Waals surface area contributed by atoms with Crippen LogP contribution in [0, 0.1) is 13.8 Å². The fourth-order valence-corrected chi connectivity index (χ4v) is 6.02. The first-order chi connectivity index (χ1) is 14.0. The van der Waals surface area contributed by atoms with E-state index in [2.05, 4.69) is 0 Å². The quantitative estimate of drug-likeness (QED) is 0.453. The van der Waals surface area contributed by atoms with Gasteiger partial charge in [-0.3, -0.25) is 0 Å². The Morgan fingerprint density at radius 3 is 2.37 bits per heavy atom. The molecule has 0 radical (unpaired) electrons. The van der Waals surface area contributed by atoms with Crippen molar-refractivity contribution in [1.29, 1.82) is 0 Å². The third-order valence-electron chi connectivity index (χ3n) is 5.04. The van der Waals surface area contributed by atoms with E-state index in [4.69, 9.17) is 14.2 Å². The Morgan fingerprint density at radius 1 is 1.17 bits per heavy atom. The van der Waals surface area contributed by atoms with Crippen LogP contribution < -0.4 is 4.74 Å². The number of ether oxygens (including phenoxy) is 3. The van der Waals surface area contributed by atoms with Crippen molar-refractivity contribution in [3.8, 4) is 5.75 Å². The average Bonchev–Trinajstić information content (AvgIpc) is 2.63. The third kappa shape index (κ3) is 6.43. The van der Waals surface area contributed by atoms with Crippen LogP contribution in [0.2, 0.25) is 0 Å². The molecule has 1 aromatic carbocycles. The Hall–Kier alpha value is -1.64. The number of esters is 1. The number of hydrogen-bond donors (Lipinski definition) is 0. The fourth-order valence-electron chi connectivity index (χ4n) is 3.88. The minimum atomic E-state index is -3.64. The molecule has 1 aliphatic heterocycles. The van der Waals surface area contributed by atoms with E-state index in [9.17, 15) is 13.2 Å². The number of piperidine rings is 1. The van der Waals surface area contributed by atoms with Crippen molar-refractivity contribution in [2.24, 2.45) is 0 Å². The molecule has 0 N–H and O–H groups in total. The summed E-state index contributed by atoms with van der Waals surface area (Å²) in [6.07, 6.45) is 3.13. The van der Waals surface area contributed by atoms with Gasteiger partial charge in [-0.25, -0.2) is 13.2 Å². The van der Waals surface area contributed by atoms with Gasteiger partial charge < -0.3 is 14.2 Å². The van der Waals surface area contributed by atoms with Crippen LogP contribution in [-0.4, -0.2) is 57.2 Å². The lowest BCUT2D eigenvalue weighted by atomic mass is 10.0. The SMILES string of the molecule is COc1cc(C)c(S(=O)(=O)N2CCCCC2CCOCC(=O)OC(C)(C)C)c(C)c1. The lowest BCUT2D eigenvalue weighted by molar-refractivity contribution is -0.160. The van der Waals surface area contributed by atoms with Crippen molar-refractivity contribution in [2.45, 2.75) is 76.8 Å². The predicted octanol–water partition coefficient (Wildman–Crippen LogP) is 3.60. The molecule has 7 nitrogen and oxygen atoms in total. The lowest BCUT2D eigenvalue weighted by Crippen LogP contribution is -2.44. The minimum absolute atomic E-state index is 0.132. The molecule has 0 aromatic heterocycles. The van der Waals surface area contributed by atoms with Gasteiger partial charge in [0.1, 0.15) is 18.0 Å². The first kappa shape index (κ1) is 24.6. The number of carbonyl (C=O) groups is 1. The minimum Gasteiger partial charge on any atom is -0.497 e. The topological polar surface area (TPSA) is 82.1 Å². The molecule has 1 saturated heterocycles. The van der Waals surface area contributed by atoms with Gasteiger partial charge in [0.15, 0.2) is 0 Å². The van der Waals surface area contributed by atoms with Crippen LogP contribution in [0.15, 0.2) is 17.0 Å². The Balaban J connectivity index is 2.07. The summed E-state index contributed by atoms with van der Waals surface area (Å²) >= 11 is 0. The summed E-state index contributed by atoms with van der Waals surface area (Å²) in [5.41, 5.74) is 0.803. The molecule has 1 fully saturated rings. The molecule has 30 heavy (non-hydrogen) atoms. The molecule has 0 aliphatic carbocycles. The van der Waals surface area contributed by atoms with E-state index in [0.29, 0.717) is 41.3 Å². The van der Waals surface area contributed by atoms with Crippen LogP contribution in [-0.2, 0) is 24.3 Å². The first-order valence-electron chi connectivity index (χ1n) is 10.4. The van der Waals surface area contributed by atoms with Crippen LogP contribution >= 0.6 is 0 Å². The van der Waals surface area contributed by atoms with Gasteiger partial charge in [-0.1, -0.05) is 6.42 Å². The van der Waals surface area contributed by atoms with Crippen LogP contribution in [0.1, 0.15) is 57.6 Å². The first-order valence-corrected chi connectivity index (χ1v) is 11.9. The molecule has 0 saturated carbocycles. The third-order valence-corrected chi connectivity index (χ3v) is 7.30. The monoisotopic (exact) mass is 441 g/mol. The van der Waals surface area contributed by atoms with Crippen molar-refractivity contribution in [2.75, 3.05) is 26.9 Å². The van der Waals surface area contributed by atoms with E-state index in [1.807, 2.05) is 0 Å². The van der Waals surface area contributed by atoms with E-state index < -0.39 is 21.6 Å². The van der Waals surface area contributed by atoms with E-state index in [1.165, 1.54) is 0 Å². The number of carbonyl (C=O) groups excluding carboxylic acids is 1. The maximum Gasteiger partial charge on any atom is 0.332 e. The number of rotatable bonds is 8. The summed E-state index contributed by atoms with van der Waals surface area (Å²) in [5, 5.41) is 0. The maximum atomic E-state index is 13.5. The van der Waals surface area contributed by atoms with Crippen LogP contribution in [0.25, 0.3) is 0 Å². The van der Waals surface area contributed by atoms with Gasteiger partial charge in [0.05, 0.1) is 12.0 Å². The average molecular weight is 442 g/mol. The normalized spacial score (nSPS) is 18.3. The highest BCUT2D eigenvalue weighted by Crippen LogP contribution is 2.32. The van der Waals surface area contributed by atoms with E-state index >= 15 is 0 Å². The molecular weight excluding hydrogens is 406 g/mol. The largest absolute Gasteiger partial charge is 0.497 e. The Bertz CT molecular complexity index is 821. The second-order valence-corrected chi connectivity index (χ2v) is 10.6. The number of aryl methyl sites for hydroxylation is 2. The standard InChI is InChI=1S/C22H35NO6S/c1-16-13-19(27-6)14-17(2)21(16)30(25,26)23-11-8-7-9-18(23)10-12-28-15-20(24)29-22(3,4)5/h13-14,18H,7-12,15H2,1-6H3. The summed E-state index contributed by atoms with van der Waals surface area (Å²) in [6.45, 7) is 9.67. The number of sulfonamides is 1. The van der Waals surface area contributed by atoms with Crippen LogP contribution in [0.3, 0.4) is 0 Å². The van der Waals surface area contributed by atoms with Crippen molar-refractivity contribution in [3.63, 3.8) is 0 Å². The zero-order chi connectivity index (χ0) is 22.5. The molecule has 1 aliphatic rings. The van der Waals surface area contributed by atoms with Crippen LogP contribution in [0.5, 0.6) is 5.75 Å². The highest BCUT2D eigenvalue weighted by atomic mass is 32.2. The summed E-state index contributed by atoms with van der Waals surface area (Å²) in [6, 6.07) is 3.36. The maximum absolute atomic E-state index is 13.5. The van der Waals surface area contributed by atoms with Crippen molar-refractivity contribution >= 4 is 16.0 Å². The van der Waals surface area contributed by atoms with Gasteiger partial charge in [-0.05, 0) is 77.1 Å². The molecule has 1 aromatic rings. The molecule has 1 atom stereocenters. The molecule has 1 heterocycles. The van der Waals surface area contributed by atoms with Crippen molar-refractivity contribution in [3.05, 3.63) is 23.3 Å². The molecule has 2 rings (SSSR count). The number of nitrogens with zero attached hydrogens (tertiary/aromatic N) is 1. The highest BCUT2D eigenvalue weighted by molar-refractivity contribution is 7.89. The fraction of sp³-hybridized carbons (Fsp3) is 0.682. The van der Waals surface area contributed by atoms with E-state index in [1.54, 1.807) is 58.2 Å². The number of benzene rings is 1. The Morgan fingerprint density at radius 2 is 1.80 bits per heavy atom. The Kier molecular flexibility index (Phi) is 8.30. The summed E-state index contributed by atoms with van der Waals surface area (Å²) in [5.74, 6) is 0.231. The van der Waals surface area contributed by atoms with Crippen molar-refractivity contribution in [1.82, 2.24) is 4.31 Å². The smallest absolute Gasteiger partial charge is 0.332 e. The van der Waals surface area contributed by atoms with Crippen molar-refractivity contribution < 1.29 is 27.4 Å². The van der Waals surface area contributed by atoms with Gasteiger partial charge in [0, 0.05) is 19.2 Å². The molecule has 0 amide bonds. The van der Waals surface area contributed by atoms with E-state index in [0.717, 1.165) is 19.3 Å². The number of hydrogen-bond acceptors (Lipinski definition) is 6. The zero-order valence-electron chi connectivity index (χ0n) is 19.0. The molecule has 0 spiro atoms. The van der Waals surface area contributed by atoms with E-state index in [-0.39, 0.29) is 12.6 Å².